The van der Waals surface area contributed by atoms with Crippen molar-refractivity contribution in [3.63, 3.8) is 0 Å². The molecule has 4 rings (SSSR count). The first-order chi connectivity index (χ1) is 25.7. The van der Waals surface area contributed by atoms with Crippen LogP contribution in [0.3, 0.4) is 0 Å². The average Bonchev–Trinajstić information content (AvgIpc) is 3.10. The number of benzene rings is 4. The molecule has 0 bridgehead atoms. The summed E-state index contributed by atoms with van der Waals surface area (Å²) in [4.78, 5) is 31.3. The third kappa shape index (κ3) is 10.5. The van der Waals surface area contributed by atoms with E-state index in [1.165, 1.54) is 11.1 Å². The first-order valence-corrected chi connectivity index (χ1v) is 21.1. The Hall–Kier alpha value is -2.62. The summed E-state index contributed by atoms with van der Waals surface area (Å²) in [6.45, 7) is 24.4. The van der Waals surface area contributed by atoms with Crippen LogP contribution in [-0.2, 0) is 31.6 Å². The highest BCUT2D eigenvalue weighted by molar-refractivity contribution is 7.53. The zero-order chi connectivity index (χ0) is 42.7. The van der Waals surface area contributed by atoms with Gasteiger partial charge in [0.05, 0.1) is 25.2 Å². The van der Waals surface area contributed by atoms with E-state index < -0.39 is 48.0 Å². The molecule has 0 radical (unpaired) electrons. The summed E-state index contributed by atoms with van der Waals surface area (Å²) in [5.74, 6) is 0. The van der Waals surface area contributed by atoms with Gasteiger partial charge in [-0.1, -0.05) is 168 Å². The molecule has 0 aliphatic heterocycles. The molecular formula is C45H64O9P2. The van der Waals surface area contributed by atoms with Crippen molar-refractivity contribution in [2.45, 2.75) is 110 Å². The smallest absolute Gasteiger partial charge is 0.334 e. The molecular weight excluding hydrogens is 746 g/mol. The fraction of sp³-hybridized carbons (Fsp3) is 0.467. The maximum Gasteiger partial charge on any atom is 0.334 e. The van der Waals surface area contributed by atoms with Gasteiger partial charge in [-0.05, 0) is 77.3 Å². The molecule has 0 heterocycles. The van der Waals surface area contributed by atoms with Crippen molar-refractivity contribution in [1.82, 2.24) is 0 Å². The summed E-state index contributed by atoms with van der Waals surface area (Å²) in [5, 5.41) is 46.9. The Morgan fingerprint density at radius 1 is 0.429 bits per heavy atom. The van der Waals surface area contributed by atoms with E-state index in [1.807, 2.05) is 48.5 Å². The van der Waals surface area contributed by atoms with Crippen molar-refractivity contribution in [2.24, 2.45) is 5.41 Å². The summed E-state index contributed by atoms with van der Waals surface area (Å²) in [6, 6.07) is 28.5. The second-order valence-corrected chi connectivity index (χ2v) is 20.3. The Balaban J connectivity index is 0.00000109. The van der Waals surface area contributed by atoms with Gasteiger partial charge < -0.3 is 40.0 Å². The molecule has 0 unspecified atom stereocenters. The molecule has 9 nitrogen and oxygen atoms in total. The normalized spacial score (nSPS) is 13.2. The van der Waals surface area contributed by atoms with Gasteiger partial charge in [0, 0.05) is 0 Å². The Kier molecular flexibility index (Phi) is 15.4. The van der Waals surface area contributed by atoms with Gasteiger partial charge in [0.15, 0.2) is 0 Å². The van der Waals surface area contributed by atoms with Crippen molar-refractivity contribution >= 4 is 17.2 Å². The van der Waals surface area contributed by atoms with E-state index in [9.17, 15) is 20.4 Å². The van der Waals surface area contributed by atoms with Crippen molar-refractivity contribution in [3.05, 3.63) is 118 Å². The fourth-order valence-corrected chi connectivity index (χ4v) is 7.60. The van der Waals surface area contributed by atoms with Gasteiger partial charge in [-0.2, -0.15) is 0 Å². The molecule has 0 saturated carbocycles. The molecule has 0 spiro atoms. The van der Waals surface area contributed by atoms with Gasteiger partial charge in [-0.3, -0.25) is 0 Å². The Bertz CT molecular complexity index is 1780. The van der Waals surface area contributed by atoms with Crippen molar-refractivity contribution in [1.29, 1.82) is 0 Å². The lowest BCUT2D eigenvalue weighted by Gasteiger charge is -2.47. The summed E-state index contributed by atoms with van der Waals surface area (Å²) in [7, 11) is -5.22. The molecule has 0 atom stereocenters. The number of aliphatic hydroxyl groups is 4. The first kappa shape index (κ1) is 47.8. The molecule has 308 valence electrons. The molecule has 0 aromatic heterocycles. The molecule has 11 heteroatoms. The predicted octanol–water partition coefficient (Wildman–Crippen LogP) is 8.84. The quantitative estimate of drug-likeness (QED) is 0.0729. The molecule has 0 aliphatic rings. The van der Waals surface area contributed by atoms with E-state index in [2.05, 4.69) is 124 Å². The second-order valence-electron chi connectivity index (χ2n) is 18.7. The number of rotatable bonds is 10. The van der Waals surface area contributed by atoms with Gasteiger partial charge in [-0.15, -0.1) is 0 Å². The molecule has 0 fully saturated rings. The Morgan fingerprint density at radius 3 is 0.982 bits per heavy atom. The monoisotopic (exact) mass is 810 g/mol. The van der Waals surface area contributed by atoms with Crippen LogP contribution in [0.1, 0.15) is 116 Å². The minimum atomic E-state index is -2.61. The van der Waals surface area contributed by atoms with E-state index in [1.54, 1.807) is 0 Å². The molecule has 4 aromatic carbocycles. The SMILES string of the molecule is CC(C)(C)c1ccc(-c2ccccc2C(O)(c2ccccc2-c2ccc(C(C)(C)C)cc2C(C)(C)C)C(CO)(CO)CO)c(C(C)(C)C)c1.OP(O)OP(O)O. The molecule has 0 amide bonds. The van der Waals surface area contributed by atoms with Gasteiger partial charge in [0.1, 0.15) is 5.60 Å². The number of hydrogen-bond donors (Lipinski definition) is 8. The fourth-order valence-electron chi connectivity index (χ4n) is 7.07. The first-order valence-electron chi connectivity index (χ1n) is 18.8. The lowest BCUT2D eigenvalue weighted by atomic mass is 9.62. The average molecular weight is 811 g/mol. The molecule has 56 heavy (non-hydrogen) atoms. The minimum Gasteiger partial charge on any atom is -0.395 e. The summed E-state index contributed by atoms with van der Waals surface area (Å²) < 4.78 is 3.60. The van der Waals surface area contributed by atoms with Crippen molar-refractivity contribution in [2.75, 3.05) is 19.8 Å². The predicted molar refractivity (Wildman–Crippen MR) is 229 cm³/mol. The van der Waals surface area contributed by atoms with Crippen LogP contribution in [0, 0.1) is 5.41 Å². The molecule has 8 N–H and O–H groups in total. The highest BCUT2D eigenvalue weighted by atomic mass is 31.2. The zero-order valence-corrected chi connectivity index (χ0v) is 36.9. The third-order valence-electron chi connectivity index (χ3n) is 10.4. The largest absolute Gasteiger partial charge is 0.395 e. The molecule has 4 aromatic rings. The standard InChI is InChI=1S/C45H60O4.H4O5P2/c1-40(2,3)30-21-23-34(38(25-30)42(7,8)9)32-17-13-15-19-36(32)45(49,44(27-46,28-47)29-48)37-20-16-14-18-33(37)35-24-22-31(41(4,5)6)26-39(35)43(10,11)12;1-6(2)5-7(3)4/h13-26,46-49H,27-29H2,1-12H3;1-4H. The lowest BCUT2D eigenvalue weighted by molar-refractivity contribution is -0.135. The van der Waals surface area contributed by atoms with Crippen LogP contribution >= 0.6 is 17.2 Å². The Labute approximate surface area is 336 Å². The van der Waals surface area contributed by atoms with Crippen LogP contribution in [0.25, 0.3) is 22.3 Å². The second kappa shape index (κ2) is 18.1. The summed E-state index contributed by atoms with van der Waals surface area (Å²) >= 11 is 0. The van der Waals surface area contributed by atoms with Gasteiger partial charge in [0.2, 0.25) is 0 Å². The summed E-state index contributed by atoms with van der Waals surface area (Å²) in [5.41, 5.74) is 4.81. The van der Waals surface area contributed by atoms with E-state index in [0.29, 0.717) is 11.1 Å². The lowest BCUT2D eigenvalue weighted by Crippen LogP contribution is -2.54. The van der Waals surface area contributed by atoms with E-state index in [-0.39, 0.29) is 21.7 Å². The van der Waals surface area contributed by atoms with E-state index in [0.717, 1.165) is 33.4 Å². The van der Waals surface area contributed by atoms with Gasteiger partial charge >= 0.3 is 17.2 Å². The van der Waals surface area contributed by atoms with Crippen LogP contribution in [0.5, 0.6) is 0 Å². The highest BCUT2D eigenvalue weighted by Crippen LogP contribution is 2.52. The maximum atomic E-state index is 13.6. The van der Waals surface area contributed by atoms with Gasteiger partial charge in [-0.25, -0.2) is 4.31 Å². The minimum absolute atomic E-state index is 0.0646. The van der Waals surface area contributed by atoms with Crippen molar-refractivity contribution < 1.29 is 44.3 Å². The van der Waals surface area contributed by atoms with Gasteiger partial charge in [0.25, 0.3) is 0 Å². The van der Waals surface area contributed by atoms with Crippen LogP contribution in [0.2, 0.25) is 0 Å². The Morgan fingerprint density at radius 2 is 0.732 bits per heavy atom. The maximum absolute atomic E-state index is 13.6. The molecule has 0 aliphatic carbocycles. The zero-order valence-electron chi connectivity index (χ0n) is 35.1. The molecule has 0 saturated heterocycles. The van der Waals surface area contributed by atoms with E-state index in [4.69, 9.17) is 19.6 Å². The highest BCUT2D eigenvalue weighted by Gasteiger charge is 2.54. The number of aliphatic hydroxyl groups excluding tert-OH is 3. The third-order valence-corrected chi connectivity index (χ3v) is 11.6. The summed E-state index contributed by atoms with van der Waals surface area (Å²) in [6.07, 6.45) is 0. The van der Waals surface area contributed by atoms with Crippen LogP contribution in [0.4, 0.5) is 0 Å². The van der Waals surface area contributed by atoms with Crippen molar-refractivity contribution in [3.8, 4) is 22.3 Å². The number of hydrogen-bond acceptors (Lipinski definition) is 9. The van der Waals surface area contributed by atoms with Crippen LogP contribution < -0.4 is 0 Å². The topological polar surface area (TPSA) is 171 Å². The van der Waals surface area contributed by atoms with E-state index >= 15 is 0 Å². The van der Waals surface area contributed by atoms with Crippen LogP contribution in [0.15, 0.2) is 84.9 Å². The van der Waals surface area contributed by atoms with Crippen LogP contribution in [-0.4, -0.2) is 59.8 Å².